The summed E-state index contributed by atoms with van der Waals surface area (Å²) in [6, 6.07) is 5.37. The molecule has 0 spiro atoms. The Bertz CT molecular complexity index is 911. The van der Waals surface area contributed by atoms with E-state index in [1.165, 1.54) is 25.4 Å². The van der Waals surface area contributed by atoms with Gasteiger partial charge in [0.2, 0.25) is 0 Å². The number of pyridine rings is 1. The number of ether oxygens (including phenoxy) is 1. The van der Waals surface area contributed by atoms with Crippen molar-refractivity contribution in [2.75, 3.05) is 7.11 Å². The van der Waals surface area contributed by atoms with E-state index < -0.39 is 22.9 Å². The van der Waals surface area contributed by atoms with Gasteiger partial charge in [-0.15, -0.1) is 0 Å². The molecule has 132 valence electrons. The predicted molar refractivity (Wildman–Crippen MR) is 86.7 cm³/mol. The summed E-state index contributed by atoms with van der Waals surface area (Å²) in [5, 5.41) is -0.0179. The highest BCUT2D eigenvalue weighted by Crippen LogP contribution is 2.34. The van der Waals surface area contributed by atoms with Gasteiger partial charge in [-0.3, -0.25) is 9.97 Å². The van der Waals surface area contributed by atoms with Crippen molar-refractivity contribution in [3.05, 3.63) is 47.3 Å². The Morgan fingerprint density at radius 1 is 1.28 bits per heavy atom. The van der Waals surface area contributed by atoms with E-state index in [1.54, 1.807) is 13.0 Å². The summed E-state index contributed by atoms with van der Waals surface area (Å²) in [7, 11) is 1.51. The van der Waals surface area contributed by atoms with E-state index in [9.17, 15) is 17.7 Å². The molecule has 0 saturated heterocycles. The van der Waals surface area contributed by atoms with Gasteiger partial charge in [-0.25, -0.2) is 0 Å². The Morgan fingerprint density at radius 3 is 2.72 bits per heavy atom. The third kappa shape index (κ3) is 3.42. The maximum Gasteiger partial charge on any atom is 0.418 e. The molecule has 3 aromatic rings. The van der Waals surface area contributed by atoms with Gasteiger partial charge in [-0.2, -0.15) is 18.2 Å². The largest absolute Gasteiger partial charge is 0.609 e. The molecule has 5 nitrogen and oxygen atoms in total. The lowest BCUT2D eigenvalue weighted by molar-refractivity contribution is -0.136. The molecule has 0 radical (unpaired) electrons. The highest BCUT2D eigenvalue weighted by atomic mass is 32.2. The first-order chi connectivity index (χ1) is 11.8. The summed E-state index contributed by atoms with van der Waals surface area (Å²) in [5.41, 5.74) is 0.349. The highest BCUT2D eigenvalue weighted by molar-refractivity contribution is 7.90. The van der Waals surface area contributed by atoms with Crippen molar-refractivity contribution in [1.29, 1.82) is 0 Å². The molecule has 0 aliphatic heterocycles. The van der Waals surface area contributed by atoms with Gasteiger partial charge in [0.1, 0.15) is 11.3 Å². The van der Waals surface area contributed by atoms with Crippen LogP contribution in [0.4, 0.5) is 13.2 Å². The van der Waals surface area contributed by atoms with E-state index in [-0.39, 0.29) is 21.9 Å². The van der Waals surface area contributed by atoms with Crippen molar-refractivity contribution in [3.8, 4) is 5.75 Å². The van der Waals surface area contributed by atoms with E-state index in [2.05, 4.69) is 15.0 Å². The summed E-state index contributed by atoms with van der Waals surface area (Å²) in [4.78, 5) is 10.8. The zero-order chi connectivity index (χ0) is 18.2. The molecular weight excluding hydrogens is 355 g/mol. The first kappa shape index (κ1) is 17.6. The van der Waals surface area contributed by atoms with Crippen LogP contribution in [0.5, 0.6) is 5.75 Å². The van der Waals surface area contributed by atoms with Crippen LogP contribution in [0, 0.1) is 6.92 Å². The first-order valence-electron chi connectivity index (χ1n) is 7.24. The molecule has 1 unspecified atom stereocenters. The number of aromatic nitrogens is 3. The number of nitrogens with one attached hydrogen (secondary N) is 1. The standard InChI is InChI=1S/C16H14F3N3O2S/c1-9-12(20-7-6-13(9)24-2)8-25(23)15-21-11-5-3-4-10(14(11)22-15)16(17,18)19/h3-7H,8H2,1-2H3,(H,21,22). The van der Waals surface area contributed by atoms with Crippen LogP contribution < -0.4 is 4.74 Å². The lowest BCUT2D eigenvalue weighted by Gasteiger charge is -2.10. The second-order valence-electron chi connectivity index (χ2n) is 5.32. The number of H-pyrrole nitrogens is 1. The average molecular weight is 369 g/mol. The van der Waals surface area contributed by atoms with E-state index in [0.717, 1.165) is 11.6 Å². The van der Waals surface area contributed by atoms with Crippen molar-refractivity contribution in [2.24, 2.45) is 0 Å². The zero-order valence-electron chi connectivity index (χ0n) is 13.3. The molecular formula is C16H14F3N3O2S. The monoisotopic (exact) mass is 369 g/mol. The zero-order valence-corrected chi connectivity index (χ0v) is 14.2. The molecule has 0 amide bonds. The molecule has 2 aromatic heterocycles. The molecule has 1 atom stereocenters. The van der Waals surface area contributed by atoms with E-state index >= 15 is 0 Å². The number of methoxy groups -OCH3 is 1. The third-order valence-electron chi connectivity index (χ3n) is 3.76. The number of hydrogen-bond acceptors (Lipinski definition) is 4. The van der Waals surface area contributed by atoms with Gasteiger partial charge in [-0.05, 0) is 25.1 Å². The summed E-state index contributed by atoms with van der Waals surface area (Å²) >= 11 is -1.67. The Labute approximate surface area is 144 Å². The molecule has 2 heterocycles. The maximum atomic E-state index is 13.1. The fourth-order valence-corrected chi connectivity index (χ4v) is 3.56. The maximum absolute atomic E-state index is 13.1. The quantitative estimate of drug-likeness (QED) is 0.713. The number of hydrogen-bond donors (Lipinski definition) is 1. The molecule has 0 bridgehead atoms. The highest BCUT2D eigenvalue weighted by Gasteiger charge is 2.34. The normalized spacial score (nSPS) is 13.2. The lowest BCUT2D eigenvalue weighted by Crippen LogP contribution is -2.10. The van der Waals surface area contributed by atoms with E-state index in [4.69, 9.17) is 4.74 Å². The molecule has 1 N–H and O–H groups in total. The van der Waals surface area contributed by atoms with Crippen molar-refractivity contribution < 1.29 is 22.5 Å². The molecule has 0 saturated carbocycles. The van der Waals surface area contributed by atoms with Gasteiger partial charge in [0, 0.05) is 22.9 Å². The number of fused-ring (bicyclic) bond motifs is 1. The van der Waals surface area contributed by atoms with Crippen LogP contribution in [0.15, 0.2) is 35.6 Å². The summed E-state index contributed by atoms with van der Waals surface area (Å²) < 4.78 is 56.9. The van der Waals surface area contributed by atoms with Gasteiger partial charge in [0.25, 0.3) is 0 Å². The molecule has 9 heteroatoms. The van der Waals surface area contributed by atoms with Crippen LogP contribution in [0.2, 0.25) is 0 Å². The number of alkyl halides is 3. The second-order valence-corrected chi connectivity index (χ2v) is 6.68. The van der Waals surface area contributed by atoms with E-state index in [1.807, 2.05) is 0 Å². The van der Waals surface area contributed by atoms with Crippen LogP contribution in [-0.4, -0.2) is 26.6 Å². The number of benzene rings is 1. The smallest absolute Gasteiger partial charge is 0.418 e. The van der Waals surface area contributed by atoms with Crippen LogP contribution in [-0.2, 0) is 23.1 Å². The molecule has 1 aromatic carbocycles. The number of rotatable bonds is 4. The van der Waals surface area contributed by atoms with Crippen LogP contribution in [0.3, 0.4) is 0 Å². The van der Waals surface area contributed by atoms with Crippen molar-refractivity contribution in [1.82, 2.24) is 15.0 Å². The lowest BCUT2D eigenvalue weighted by atomic mass is 10.2. The molecule has 25 heavy (non-hydrogen) atoms. The molecule has 0 aliphatic rings. The minimum atomic E-state index is -4.53. The third-order valence-corrected chi connectivity index (χ3v) is 4.92. The average Bonchev–Trinajstić information content (AvgIpc) is 3.00. The Morgan fingerprint density at radius 2 is 2.04 bits per heavy atom. The summed E-state index contributed by atoms with van der Waals surface area (Å²) in [5.74, 6) is 0.621. The molecule has 0 fully saturated rings. The SMILES string of the molecule is COc1ccnc(C[S+]([O-])c2nc3c(C(F)(F)F)cccc3[nH]2)c1C. The number of imidazole rings is 1. The minimum absolute atomic E-state index is 0.0179. The fourth-order valence-electron chi connectivity index (χ4n) is 2.46. The summed E-state index contributed by atoms with van der Waals surface area (Å²) in [6.45, 7) is 1.78. The van der Waals surface area contributed by atoms with Gasteiger partial charge in [0.15, 0.2) is 5.75 Å². The minimum Gasteiger partial charge on any atom is -0.609 e. The predicted octanol–water partition coefficient (Wildman–Crippen LogP) is 3.60. The van der Waals surface area contributed by atoms with Gasteiger partial charge in [0.05, 0.1) is 23.9 Å². The first-order valence-corrected chi connectivity index (χ1v) is 8.56. The van der Waals surface area contributed by atoms with Crippen LogP contribution >= 0.6 is 0 Å². The van der Waals surface area contributed by atoms with Crippen LogP contribution in [0.25, 0.3) is 11.0 Å². The van der Waals surface area contributed by atoms with Crippen molar-refractivity contribution >= 4 is 22.2 Å². The number of halogens is 3. The Balaban J connectivity index is 1.95. The molecule has 3 rings (SSSR count). The number of para-hydroxylation sites is 1. The number of nitrogens with zero attached hydrogens (tertiary/aromatic N) is 2. The second kappa shape index (κ2) is 6.57. The Kier molecular flexibility index (Phi) is 4.61. The van der Waals surface area contributed by atoms with Gasteiger partial charge < -0.3 is 9.29 Å². The van der Waals surface area contributed by atoms with Gasteiger partial charge in [-0.1, -0.05) is 6.07 Å². The van der Waals surface area contributed by atoms with Crippen LogP contribution in [0.1, 0.15) is 16.8 Å². The topological polar surface area (TPSA) is 73.9 Å². The molecule has 0 aliphatic carbocycles. The number of aromatic amines is 1. The van der Waals surface area contributed by atoms with Gasteiger partial charge >= 0.3 is 11.3 Å². The van der Waals surface area contributed by atoms with E-state index in [0.29, 0.717) is 11.4 Å². The van der Waals surface area contributed by atoms with Crippen molar-refractivity contribution in [3.63, 3.8) is 0 Å². The Hall–Kier alpha value is -2.26. The fraction of sp³-hybridized carbons (Fsp3) is 0.250. The van der Waals surface area contributed by atoms with Crippen molar-refractivity contribution in [2.45, 2.75) is 24.0 Å². The summed E-state index contributed by atoms with van der Waals surface area (Å²) in [6.07, 6.45) is -3.00.